The molecule has 94 valence electrons. The standard InChI is InChI=1S/C12H23NO3/c1-4-16-10-5-9(11(10)14-3)13-6-12(2)7-15-8-12/h9-11,13H,4-8H2,1-3H3. The minimum Gasteiger partial charge on any atom is -0.380 e. The SMILES string of the molecule is CCOC1CC(NCC2(C)COC2)C1OC. The second-order valence-electron chi connectivity index (χ2n) is 5.22. The lowest BCUT2D eigenvalue weighted by Gasteiger charge is -2.46. The summed E-state index contributed by atoms with van der Waals surface area (Å²) in [5.41, 5.74) is 0.328. The third kappa shape index (κ3) is 2.40. The molecule has 0 aromatic carbocycles. The Morgan fingerprint density at radius 3 is 2.69 bits per heavy atom. The largest absolute Gasteiger partial charge is 0.380 e. The van der Waals surface area contributed by atoms with E-state index in [1.807, 2.05) is 6.92 Å². The van der Waals surface area contributed by atoms with Gasteiger partial charge in [0, 0.05) is 31.7 Å². The van der Waals surface area contributed by atoms with Crippen molar-refractivity contribution >= 4 is 0 Å². The van der Waals surface area contributed by atoms with Crippen LogP contribution < -0.4 is 5.32 Å². The lowest BCUT2D eigenvalue weighted by molar-refractivity contribution is -0.141. The van der Waals surface area contributed by atoms with E-state index in [1.54, 1.807) is 7.11 Å². The van der Waals surface area contributed by atoms with E-state index in [1.165, 1.54) is 0 Å². The van der Waals surface area contributed by atoms with Crippen LogP contribution in [0.2, 0.25) is 0 Å². The van der Waals surface area contributed by atoms with E-state index in [0.29, 0.717) is 11.5 Å². The molecule has 16 heavy (non-hydrogen) atoms. The van der Waals surface area contributed by atoms with Crippen LogP contribution in [0.5, 0.6) is 0 Å². The van der Waals surface area contributed by atoms with Crippen LogP contribution in [-0.4, -0.2) is 51.7 Å². The van der Waals surface area contributed by atoms with Gasteiger partial charge < -0.3 is 19.5 Å². The Kier molecular flexibility index (Phi) is 3.85. The van der Waals surface area contributed by atoms with Gasteiger partial charge in [0.1, 0.15) is 0 Å². The van der Waals surface area contributed by atoms with Gasteiger partial charge in [-0.05, 0) is 13.3 Å². The molecule has 1 saturated heterocycles. The number of methoxy groups -OCH3 is 1. The maximum Gasteiger partial charge on any atom is 0.0986 e. The lowest BCUT2D eigenvalue weighted by Crippen LogP contribution is -2.62. The zero-order chi connectivity index (χ0) is 11.6. The van der Waals surface area contributed by atoms with E-state index in [0.717, 1.165) is 32.8 Å². The summed E-state index contributed by atoms with van der Waals surface area (Å²) in [7, 11) is 1.76. The van der Waals surface area contributed by atoms with Crippen molar-refractivity contribution in [1.29, 1.82) is 0 Å². The molecule has 0 amide bonds. The number of nitrogens with one attached hydrogen (secondary N) is 1. The Morgan fingerprint density at radius 1 is 1.44 bits per heavy atom. The van der Waals surface area contributed by atoms with Crippen LogP contribution in [0.1, 0.15) is 20.3 Å². The van der Waals surface area contributed by atoms with Crippen molar-refractivity contribution < 1.29 is 14.2 Å². The maximum absolute atomic E-state index is 5.59. The van der Waals surface area contributed by atoms with E-state index >= 15 is 0 Å². The summed E-state index contributed by atoms with van der Waals surface area (Å²) in [5, 5.41) is 3.57. The Hall–Kier alpha value is -0.160. The van der Waals surface area contributed by atoms with Gasteiger partial charge in [-0.2, -0.15) is 0 Å². The predicted molar refractivity (Wildman–Crippen MR) is 61.5 cm³/mol. The summed E-state index contributed by atoms with van der Waals surface area (Å²) < 4.78 is 16.3. The van der Waals surface area contributed by atoms with Crippen LogP contribution >= 0.6 is 0 Å². The molecule has 2 fully saturated rings. The van der Waals surface area contributed by atoms with Crippen molar-refractivity contribution in [2.75, 3.05) is 33.5 Å². The highest BCUT2D eigenvalue weighted by Crippen LogP contribution is 2.30. The van der Waals surface area contributed by atoms with Crippen LogP contribution in [0.15, 0.2) is 0 Å². The maximum atomic E-state index is 5.59. The molecule has 3 unspecified atom stereocenters. The lowest BCUT2D eigenvalue weighted by atomic mass is 9.82. The monoisotopic (exact) mass is 229 g/mol. The first-order chi connectivity index (χ1) is 7.68. The summed E-state index contributed by atoms with van der Waals surface area (Å²) >= 11 is 0. The molecule has 0 aromatic heterocycles. The fourth-order valence-corrected chi connectivity index (χ4v) is 2.40. The highest BCUT2D eigenvalue weighted by Gasteiger charge is 2.43. The third-order valence-electron chi connectivity index (χ3n) is 3.59. The predicted octanol–water partition coefficient (Wildman–Crippen LogP) is 0.805. The van der Waals surface area contributed by atoms with Crippen LogP contribution in [-0.2, 0) is 14.2 Å². The van der Waals surface area contributed by atoms with Crippen LogP contribution in [0.3, 0.4) is 0 Å². The molecular weight excluding hydrogens is 206 g/mol. The van der Waals surface area contributed by atoms with E-state index in [2.05, 4.69) is 12.2 Å². The Balaban J connectivity index is 1.70. The molecule has 4 nitrogen and oxygen atoms in total. The van der Waals surface area contributed by atoms with Gasteiger partial charge in [0.2, 0.25) is 0 Å². The second-order valence-corrected chi connectivity index (χ2v) is 5.22. The van der Waals surface area contributed by atoms with Gasteiger partial charge in [-0.3, -0.25) is 0 Å². The average molecular weight is 229 g/mol. The van der Waals surface area contributed by atoms with Gasteiger partial charge >= 0.3 is 0 Å². The molecule has 1 N–H and O–H groups in total. The summed E-state index contributed by atoms with van der Waals surface area (Å²) in [6, 6.07) is 0.443. The van der Waals surface area contributed by atoms with Crippen molar-refractivity contribution in [3.05, 3.63) is 0 Å². The van der Waals surface area contributed by atoms with Gasteiger partial charge in [0.15, 0.2) is 0 Å². The number of rotatable bonds is 6. The molecule has 0 bridgehead atoms. The molecule has 2 aliphatic rings. The number of hydrogen-bond acceptors (Lipinski definition) is 4. The molecule has 1 aliphatic carbocycles. The van der Waals surface area contributed by atoms with Crippen molar-refractivity contribution in [1.82, 2.24) is 5.32 Å². The first-order valence-corrected chi connectivity index (χ1v) is 6.14. The molecule has 2 rings (SSSR count). The minimum absolute atomic E-state index is 0.213. The van der Waals surface area contributed by atoms with Gasteiger partial charge in [0.05, 0.1) is 25.4 Å². The Bertz CT molecular complexity index is 230. The molecule has 0 spiro atoms. The zero-order valence-electron chi connectivity index (χ0n) is 10.5. The van der Waals surface area contributed by atoms with Gasteiger partial charge in [-0.15, -0.1) is 0 Å². The minimum atomic E-state index is 0.213. The van der Waals surface area contributed by atoms with Crippen molar-refractivity contribution in [2.45, 2.75) is 38.5 Å². The molecule has 1 heterocycles. The fraction of sp³-hybridized carbons (Fsp3) is 1.00. The van der Waals surface area contributed by atoms with Crippen molar-refractivity contribution in [2.24, 2.45) is 5.41 Å². The zero-order valence-corrected chi connectivity index (χ0v) is 10.5. The topological polar surface area (TPSA) is 39.7 Å². The Labute approximate surface area is 97.6 Å². The second kappa shape index (κ2) is 5.00. The molecule has 1 saturated carbocycles. The molecule has 0 radical (unpaired) electrons. The normalized spacial score (nSPS) is 36.6. The van der Waals surface area contributed by atoms with Crippen molar-refractivity contribution in [3.8, 4) is 0 Å². The Morgan fingerprint density at radius 2 is 2.19 bits per heavy atom. The highest BCUT2D eigenvalue weighted by atomic mass is 16.5. The van der Waals surface area contributed by atoms with Crippen LogP contribution in [0.4, 0.5) is 0 Å². The molecule has 1 aliphatic heterocycles. The third-order valence-corrected chi connectivity index (χ3v) is 3.59. The quantitative estimate of drug-likeness (QED) is 0.731. The van der Waals surface area contributed by atoms with Crippen LogP contribution in [0, 0.1) is 5.41 Å². The molecular formula is C12H23NO3. The van der Waals surface area contributed by atoms with Gasteiger partial charge in [0.25, 0.3) is 0 Å². The van der Waals surface area contributed by atoms with E-state index in [-0.39, 0.29) is 12.2 Å². The van der Waals surface area contributed by atoms with E-state index in [9.17, 15) is 0 Å². The molecule has 3 atom stereocenters. The van der Waals surface area contributed by atoms with E-state index in [4.69, 9.17) is 14.2 Å². The fourth-order valence-electron chi connectivity index (χ4n) is 2.40. The molecule has 0 aromatic rings. The number of ether oxygens (including phenoxy) is 3. The smallest absolute Gasteiger partial charge is 0.0986 e. The van der Waals surface area contributed by atoms with Crippen LogP contribution in [0.25, 0.3) is 0 Å². The highest BCUT2D eigenvalue weighted by molar-refractivity contribution is 4.98. The number of hydrogen-bond donors (Lipinski definition) is 1. The summed E-state index contributed by atoms with van der Waals surface area (Å²) in [6.45, 7) is 7.81. The summed E-state index contributed by atoms with van der Waals surface area (Å²) in [4.78, 5) is 0. The van der Waals surface area contributed by atoms with Gasteiger partial charge in [-0.1, -0.05) is 6.92 Å². The summed E-state index contributed by atoms with van der Waals surface area (Å²) in [5.74, 6) is 0. The average Bonchev–Trinajstić information content (AvgIpc) is 2.20. The van der Waals surface area contributed by atoms with E-state index < -0.39 is 0 Å². The first-order valence-electron chi connectivity index (χ1n) is 6.14. The first kappa shape index (κ1) is 12.3. The molecule has 4 heteroatoms. The van der Waals surface area contributed by atoms with Gasteiger partial charge in [-0.25, -0.2) is 0 Å². The van der Waals surface area contributed by atoms with Crippen molar-refractivity contribution in [3.63, 3.8) is 0 Å². The summed E-state index contributed by atoms with van der Waals surface area (Å²) in [6.07, 6.45) is 1.55.